The average molecular weight is 433 g/mol. The highest BCUT2D eigenvalue weighted by atomic mass is 32.2. The molecule has 0 spiro atoms. The molecule has 1 unspecified atom stereocenters. The van der Waals surface area contributed by atoms with E-state index in [1.807, 2.05) is 36.6 Å². The van der Waals surface area contributed by atoms with Gasteiger partial charge in [0.05, 0.1) is 20.3 Å². The fourth-order valence-corrected chi connectivity index (χ4v) is 5.44. The molecule has 1 atom stereocenters. The summed E-state index contributed by atoms with van der Waals surface area (Å²) in [4.78, 5) is 30.6. The molecule has 4 rings (SSSR count). The average Bonchev–Trinajstić information content (AvgIpc) is 3.45. The molecule has 1 aromatic carbocycles. The molecule has 1 aliphatic heterocycles. The lowest BCUT2D eigenvalue weighted by atomic mass is 10.1. The molecular weight excluding hydrogens is 412 g/mol. The van der Waals surface area contributed by atoms with E-state index in [9.17, 15) is 9.59 Å². The molecule has 2 amide bonds. The number of rotatable bonds is 6. The number of aromatic nitrogens is 1. The normalized spacial score (nSPS) is 16.5. The van der Waals surface area contributed by atoms with E-state index in [1.54, 1.807) is 28.2 Å². The van der Waals surface area contributed by atoms with Gasteiger partial charge in [-0.3, -0.25) is 9.59 Å². The Morgan fingerprint density at radius 1 is 1.36 bits per heavy atom. The van der Waals surface area contributed by atoms with Crippen molar-refractivity contribution in [2.45, 2.75) is 24.0 Å². The van der Waals surface area contributed by atoms with Crippen molar-refractivity contribution in [3.8, 4) is 0 Å². The largest absolute Gasteiger partial charge is 0.342 e. The number of nitrogens with zero attached hydrogens (tertiary/aromatic N) is 2. The number of carbonyl (C=O) groups excluding carboxylic acids is 2. The van der Waals surface area contributed by atoms with E-state index < -0.39 is 0 Å². The van der Waals surface area contributed by atoms with Gasteiger partial charge >= 0.3 is 0 Å². The number of nitrogens with one attached hydrogen (secondary N) is 2. The molecule has 9 heteroatoms. The van der Waals surface area contributed by atoms with Crippen LogP contribution in [-0.2, 0) is 9.59 Å². The Balaban J connectivity index is 1.39. The molecule has 3 aromatic rings. The molecule has 0 aliphatic carbocycles. The minimum Gasteiger partial charge on any atom is -0.342 e. The Bertz CT molecular complexity index is 986. The first-order chi connectivity index (χ1) is 13.6. The number of benzene rings is 1. The molecule has 6 nitrogen and oxygen atoms in total. The molecule has 0 radical (unpaired) electrons. The molecular formula is C19H20N4O2S3. The Morgan fingerprint density at radius 2 is 2.25 bits per heavy atom. The van der Waals surface area contributed by atoms with Crippen LogP contribution in [0.2, 0.25) is 0 Å². The van der Waals surface area contributed by atoms with E-state index in [-0.39, 0.29) is 17.7 Å². The minimum atomic E-state index is -0.165. The topological polar surface area (TPSA) is 74.3 Å². The highest BCUT2D eigenvalue weighted by Crippen LogP contribution is 2.31. The van der Waals surface area contributed by atoms with Crippen LogP contribution in [0.4, 0.5) is 10.8 Å². The predicted molar refractivity (Wildman–Crippen MR) is 117 cm³/mol. The van der Waals surface area contributed by atoms with Crippen LogP contribution in [0.1, 0.15) is 19.8 Å². The van der Waals surface area contributed by atoms with Crippen LogP contribution in [0.15, 0.2) is 39.9 Å². The summed E-state index contributed by atoms with van der Waals surface area (Å²) in [5, 5.41) is 5.58. The Morgan fingerprint density at radius 3 is 3.04 bits per heavy atom. The number of fused-ring (bicyclic) bond motifs is 1. The van der Waals surface area contributed by atoms with Crippen molar-refractivity contribution in [1.29, 1.82) is 0 Å². The lowest BCUT2D eigenvalue weighted by Gasteiger charge is -2.14. The van der Waals surface area contributed by atoms with Crippen molar-refractivity contribution in [2.24, 2.45) is 5.92 Å². The molecule has 0 bridgehead atoms. The zero-order valence-electron chi connectivity index (χ0n) is 15.3. The van der Waals surface area contributed by atoms with Crippen LogP contribution in [0.5, 0.6) is 0 Å². The van der Waals surface area contributed by atoms with Crippen molar-refractivity contribution in [3.63, 3.8) is 0 Å². The third kappa shape index (κ3) is 4.31. The van der Waals surface area contributed by atoms with Gasteiger partial charge < -0.3 is 14.9 Å². The standard InChI is InChI=1S/C19H20N4O2S3/c1-2-16(24)23-8-7-12(11-23)18(25)21-19-20-14-6-5-13(10-15(14)27-19)22-28-17-4-3-9-26-17/h3-6,9-10,12,22H,2,7-8,11H2,1H3,(H,20,21,25). The van der Waals surface area contributed by atoms with Crippen LogP contribution in [0.3, 0.4) is 0 Å². The highest BCUT2D eigenvalue weighted by molar-refractivity contribution is 8.02. The lowest BCUT2D eigenvalue weighted by molar-refractivity contribution is -0.130. The second-order valence-electron chi connectivity index (χ2n) is 6.51. The smallest absolute Gasteiger partial charge is 0.231 e. The second kappa shape index (κ2) is 8.50. The van der Waals surface area contributed by atoms with Gasteiger partial charge in [-0.1, -0.05) is 24.3 Å². The Labute approximate surface area is 175 Å². The molecule has 2 N–H and O–H groups in total. The van der Waals surface area contributed by atoms with Gasteiger partial charge in [0.1, 0.15) is 0 Å². The van der Waals surface area contributed by atoms with E-state index >= 15 is 0 Å². The van der Waals surface area contributed by atoms with Gasteiger partial charge in [-0.2, -0.15) is 0 Å². The summed E-state index contributed by atoms with van der Waals surface area (Å²) in [5.74, 6) is -0.116. The molecule has 2 aromatic heterocycles. The summed E-state index contributed by atoms with van der Waals surface area (Å²) >= 11 is 4.73. The maximum absolute atomic E-state index is 12.6. The first-order valence-corrected chi connectivity index (χ1v) is 11.6. The first kappa shape index (κ1) is 19.2. The van der Waals surface area contributed by atoms with Crippen molar-refractivity contribution < 1.29 is 9.59 Å². The van der Waals surface area contributed by atoms with Gasteiger partial charge in [0.15, 0.2) is 5.13 Å². The number of thiophene rings is 1. The van der Waals surface area contributed by atoms with Gasteiger partial charge in [0.2, 0.25) is 11.8 Å². The number of hydrogen-bond acceptors (Lipinski definition) is 7. The summed E-state index contributed by atoms with van der Waals surface area (Å²) < 4.78 is 5.55. The zero-order chi connectivity index (χ0) is 19.5. The minimum absolute atomic E-state index is 0.0583. The second-order valence-corrected chi connectivity index (χ2v) is 9.59. The monoisotopic (exact) mass is 432 g/mol. The maximum Gasteiger partial charge on any atom is 0.231 e. The lowest BCUT2D eigenvalue weighted by Crippen LogP contribution is -2.30. The van der Waals surface area contributed by atoms with E-state index in [0.29, 0.717) is 31.1 Å². The maximum atomic E-state index is 12.6. The van der Waals surface area contributed by atoms with Crippen molar-refractivity contribution in [2.75, 3.05) is 23.1 Å². The van der Waals surface area contributed by atoms with Crippen LogP contribution in [0, 0.1) is 5.92 Å². The highest BCUT2D eigenvalue weighted by Gasteiger charge is 2.30. The third-order valence-electron chi connectivity index (χ3n) is 4.60. The summed E-state index contributed by atoms with van der Waals surface area (Å²) in [6, 6.07) is 10.1. The van der Waals surface area contributed by atoms with E-state index in [2.05, 4.69) is 21.1 Å². The fourth-order valence-electron chi connectivity index (χ4n) is 3.10. The molecule has 3 heterocycles. The number of likely N-dealkylation sites (tertiary alicyclic amines) is 1. The van der Waals surface area contributed by atoms with Gasteiger partial charge in [-0.25, -0.2) is 4.98 Å². The molecule has 1 saturated heterocycles. The molecule has 28 heavy (non-hydrogen) atoms. The number of hydrogen-bond donors (Lipinski definition) is 2. The molecule has 1 aliphatic rings. The molecule has 146 valence electrons. The zero-order valence-corrected chi connectivity index (χ0v) is 17.8. The predicted octanol–water partition coefficient (Wildman–Crippen LogP) is 4.67. The molecule has 0 saturated carbocycles. The summed E-state index contributed by atoms with van der Waals surface area (Å²) in [7, 11) is 0. The van der Waals surface area contributed by atoms with Crippen molar-refractivity contribution in [3.05, 3.63) is 35.7 Å². The summed E-state index contributed by atoms with van der Waals surface area (Å²) in [6.07, 6.45) is 1.18. The van der Waals surface area contributed by atoms with E-state index in [4.69, 9.17) is 0 Å². The number of carbonyl (C=O) groups is 2. The number of amides is 2. The third-order valence-corrected chi connectivity index (χ3v) is 7.41. The van der Waals surface area contributed by atoms with Gasteiger partial charge in [-0.05, 0) is 48.0 Å². The van der Waals surface area contributed by atoms with Crippen LogP contribution in [0.25, 0.3) is 10.2 Å². The SMILES string of the molecule is CCC(=O)N1CCC(C(=O)Nc2nc3ccc(NSc4cccs4)cc3s2)C1. The van der Waals surface area contributed by atoms with Gasteiger partial charge in [0, 0.05) is 25.2 Å². The first-order valence-electron chi connectivity index (χ1n) is 9.08. The van der Waals surface area contributed by atoms with E-state index in [0.717, 1.165) is 15.9 Å². The van der Waals surface area contributed by atoms with Crippen LogP contribution < -0.4 is 10.0 Å². The van der Waals surface area contributed by atoms with Crippen molar-refractivity contribution in [1.82, 2.24) is 9.88 Å². The van der Waals surface area contributed by atoms with Crippen molar-refractivity contribution >= 4 is 67.5 Å². The Hall–Kier alpha value is -2.10. The van der Waals surface area contributed by atoms with Crippen LogP contribution >= 0.6 is 34.6 Å². The van der Waals surface area contributed by atoms with E-state index in [1.165, 1.54) is 15.5 Å². The number of anilines is 2. The van der Waals surface area contributed by atoms with Crippen LogP contribution in [-0.4, -0.2) is 34.8 Å². The van der Waals surface area contributed by atoms with Gasteiger partial charge in [0.25, 0.3) is 0 Å². The molecule has 1 fully saturated rings. The Kier molecular flexibility index (Phi) is 5.84. The quantitative estimate of drug-likeness (QED) is 0.554. The summed E-state index contributed by atoms with van der Waals surface area (Å²) in [6.45, 7) is 3.00. The summed E-state index contributed by atoms with van der Waals surface area (Å²) in [5.41, 5.74) is 1.86. The number of thiazole rings is 1. The van der Waals surface area contributed by atoms with Gasteiger partial charge in [-0.15, -0.1) is 11.3 Å². The fraction of sp³-hybridized carbons (Fsp3) is 0.316.